The van der Waals surface area contributed by atoms with Crippen molar-refractivity contribution in [1.29, 1.82) is 0 Å². The molecule has 0 fully saturated rings. The van der Waals surface area contributed by atoms with Gasteiger partial charge in [0.05, 0.1) is 12.7 Å². The number of ether oxygens (including phenoxy) is 1. The molecule has 1 aromatic rings. The number of methoxy groups -OCH3 is 1. The highest BCUT2D eigenvalue weighted by molar-refractivity contribution is 7.05. The number of aromatic nitrogens is 2. The highest BCUT2D eigenvalue weighted by Crippen LogP contribution is 2.03. The van der Waals surface area contributed by atoms with Gasteiger partial charge in [-0.3, -0.25) is 0 Å². The van der Waals surface area contributed by atoms with Crippen LogP contribution in [-0.2, 0) is 11.2 Å². The van der Waals surface area contributed by atoms with E-state index < -0.39 is 6.10 Å². The molecule has 1 heterocycles. The molecular formula is C6H10N2O2S. The zero-order chi connectivity index (χ0) is 8.10. The number of hydrogen-bond acceptors (Lipinski definition) is 5. The summed E-state index contributed by atoms with van der Waals surface area (Å²) in [7, 11) is 1.56. The molecule has 1 aromatic heterocycles. The number of aliphatic hydroxyl groups excluding tert-OH is 1. The zero-order valence-electron chi connectivity index (χ0n) is 6.23. The van der Waals surface area contributed by atoms with Crippen LogP contribution in [-0.4, -0.2) is 34.3 Å². The van der Waals surface area contributed by atoms with E-state index in [4.69, 9.17) is 4.74 Å². The Morgan fingerprint density at radius 2 is 2.64 bits per heavy atom. The van der Waals surface area contributed by atoms with E-state index in [0.29, 0.717) is 13.0 Å². The van der Waals surface area contributed by atoms with Crippen molar-refractivity contribution in [3.63, 3.8) is 0 Å². The normalized spacial score (nSPS) is 13.3. The predicted octanol–water partition coefficient (Wildman–Crippen LogP) is 0.0879. The largest absolute Gasteiger partial charge is 0.390 e. The molecule has 0 aliphatic rings. The van der Waals surface area contributed by atoms with E-state index in [1.54, 1.807) is 7.11 Å². The Kier molecular flexibility index (Phi) is 3.41. The van der Waals surface area contributed by atoms with Crippen LogP contribution in [0.3, 0.4) is 0 Å². The van der Waals surface area contributed by atoms with E-state index in [-0.39, 0.29) is 0 Å². The molecule has 11 heavy (non-hydrogen) atoms. The van der Waals surface area contributed by atoms with Gasteiger partial charge in [-0.25, -0.2) is 4.98 Å². The molecule has 0 aliphatic carbocycles. The Hall–Kier alpha value is -0.520. The summed E-state index contributed by atoms with van der Waals surface area (Å²) in [6.07, 6.45) is 1.55. The predicted molar refractivity (Wildman–Crippen MR) is 41.5 cm³/mol. The van der Waals surface area contributed by atoms with Gasteiger partial charge in [0, 0.05) is 13.5 Å². The molecule has 5 heteroatoms. The molecule has 1 atom stereocenters. The summed E-state index contributed by atoms with van der Waals surface area (Å²) in [5.41, 5.74) is 0. The fraction of sp³-hybridized carbons (Fsp3) is 0.667. The van der Waals surface area contributed by atoms with Gasteiger partial charge >= 0.3 is 0 Å². The molecule has 1 unspecified atom stereocenters. The first kappa shape index (κ1) is 8.58. The molecule has 0 aliphatic heterocycles. The molecule has 4 nitrogen and oxygen atoms in total. The van der Waals surface area contributed by atoms with Crippen molar-refractivity contribution in [1.82, 2.24) is 9.36 Å². The van der Waals surface area contributed by atoms with Crippen LogP contribution in [0.15, 0.2) is 6.33 Å². The van der Waals surface area contributed by atoms with Crippen LogP contribution >= 0.6 is 11.5 Å². The van der Waals surface area contributed by atoms with Crippen LogP contribution in [0, 0.1) is 0 Å². The van der Waals surface area contributed by atoms with Gasteiger partial charge in [0.2, 0.25) is 0 Å². The van der Waals surface area contributed by atoms with Crippen LogP contribution in [0.1, 0.15) is 5.01 Å². The minimum absolute atomic E-state index is 0.347. The fourth-order valence-corrected chi connectivity index (χ4v) is 1.32. The molecule has 0 radical (unpaired) electrons. The maximum absolute atomic E-state index is 9.23. The second-order valence-electron chi connectivity index (χ2n) is 2.15. The second-order valence-corrected chi connectivity index (χ2v) is 3.01. The molecule has 0 amide bonds. The third kappa shape index (κ3) is 2.92. The van der Waals surface area contributed by atoms with Crippen LogP contribution in [0.5, 0.6) is 0 Å². The lowest BCUT2D eigenvalue weighted by Gasteiger charge is -2.05. The number of aliphatic hydroxyl groups is 1. The van der Waals surface area contributed by atoms with E-state index in [1.165, 1.54) is 17.9 Å². The molecule has 1 rings (SSSR count). The van der Waals surface area contributed by atoms with E-state index in [0.717, 1.165) is 5.01 Å². The monoisotopic (exact) mass is 174 g/mol. The zero-order valence-corrected chi connectivity index (χ0v) is 7.04. The molecule has 62 valence electrons. The van der Waals surface area contributed by atoms with Crippen molar-refractivity contribution in [3.05, 3.63) is 11.3 Å². The van der Waals surface area contributed by atoms with Crippen LogP contribution < -0.4 is 0 Å². The first-order chi connectivity index (χ1) is 5.33. The van der Waals surface area contributed by atoms with Gasteiger partial charge in [0.1, 0.15) is 11.3 Å². The fourth-order valence-electron chi connectivity index (χ4n) is 0.739. The first-order valence-corrected chi connectivity index (χ1v) is 4.03. The Balaban J connectivity index is 2.31. The number of rotatable bonds is 4. The van der Waals surface area contributed by atoms with E-state index in [9.17, 15) is 5.11 Å². The minimum Gasteiger partial charge on any atom is -0.390 e. The summed E-state index contributed by atoms with van der Waals surface area (Å²) in [5, 5.41) is 10.1. The van der Waals surface area contributed by atoms with Gasteiger partial charge in [0.25, 0.3) is 0 Å². The summed E-state index contributed by atoms with van der Waals surface area (Å²) in [5.74, 6) is 0. The van der Waals surface area contributed by atoms with Crippen molar-refractivity contribution in [3.8, 4) is 0 Å². The smallest absolute Gasteiger partial charge is 0.129 e. The van der Waals surface area contributed by atoms with E-state index >= 15 is 0 Å². The van der Waals surface area contributed by atoms with Crippen LogP contribution in [0.2, 0.25) is 0 Å². The van der Waals surface area contributed by atoms with Crippen molar-refractivity contribution in [2.75, 3.05) is 13.7 Å². The van der Waals surface area contributed by atoms with Gasteiger partial charge < -0.3 is 9.84 Å². The van der Waals surface area contributed by atoms with Gasteiger partial charge in [-0.05, 0) is 11.5 Å². The number of nitrogens with zero attached hydrogens (tertiary/aromatic N) is 2. The summed E-state index contributed by atoms with van der Waals surface area (Å²) in [4.78, 5) is 3.93. The summed E-state index contributed by atoms with van der Waals surface area (Å²) in [6.45, 7) is 0.347. The SMILES string of the molecule is COCC(O)Cc1ncns1. The lowest BCUT2D eigenvalue weighted by Crippen LogP contribution is -2.16. The lowest BCUT2D eigenvalue weighted by molar-refractivity contribution is 0.0650. The highest BCUT2D eigenvalue weighted by atomic mass is 32.1. The molecule has 1 N–H and O–H groups in total. The Morgan fingerprint density at radius 1 is 1.82 bits per heavy atom. The average Bonchev–Trinajstić information content (AvgIpc) is 2.40. The highest BCUT2D eigenvalue weighted by Gasteiger charge is 2.06. The van der Waals surface area contributed by atoms with Crippen LogP contribution in [0.4, 0.5) is 0 Å². The maximum Gasteiger partial charge on any atom is 0.129 e. The minimum atomic E-state index is -0.465. The molecule has 0 bridgehead atoms. The quantitative estimate of drug-likeness (QED) is 0.702. The third-order valence-electron chi connectivity index (χ3n) is 1.18. The summed E-state index contributed by atoms with van der Waals surface area (Å²) in [6, 6.07) is 0. The Labute approximate surface area is 69.0 Å². The van der Waals surface area contributed by atoms with Crippen LogP contribution in [0.25, 0.3) is 0 Å². The van der Waals surface area contributed by atoms with Gasteiger partial charge in [-0.15, -0.1) is 0 Å². The second kappa shape index (κ2) is 4.38. The van der Waals surface area contributed by atoms with Crippen molar-refractivity contribution < 1.29 is 9.84 Å². The molecular weight excluding hydrogens is 164 g/mol. The molecule has 0 saturated carbocycles. The molecule has 0 spiro atoms. The number of hydrogen-bond donors (Lipinski definition) is 1. The van der Waals surface area contributed by atoms with Gasteiger partial charge in [-0.2, -0.15) is 4.37 Å². The van der Waals surface area contributed by atoms with Gasteiger partial charge in [-0.1, -0.05) is 0 Å². The Bertz CT molecular complexity index is 190. The molecule has 0 aromatic carbocycles. The van der Waals surface area contributed by atoms with Crippen molar-refractivity contribution in [2.45, 2.75) is 12.5 Å². The Morgan fingerprint density at radius 3 is 3.18 bits per heavy atom. The van der Waals surface area contributed by atoms with Crippen molar-refractivity contribution in [2.24, 2.45) is 0 Å². The standard InChI is InChI=1S/C6H10N2O2S/c1-10-3-5(9)2-6-7-4-8-11-6/h4-5,9H,2-3H2,1H3. The maximum atomic E-state index is 9.23. The third-order valence-corrected chi connectivity index (χ3v) is 1.86. The van der Waals surface area contributed by atoms with E-state index in [2.05, 4.69) is 9.36 Å². The van der Waals surface area contributed by atoms with Crippen molar-refractivity contribution >= 4 is 11.5 Å². The summed E-state index contributed by atoms with van der Waals surface area (Å²) >= 11 is 1.30. The lowest BCUT2D eigenvalue weighted by atomic mass is 10.3. The first-order valence-electron chi connectivity index (χ1n) is 3.25. The molecule has 0 saturated heterocycles. The van der Waals surface area contributed by atoms with Gasteiger partial charge in [0.15, 0.2) is 0 Å². The average molecular weight is 174 g/mol. The van der Waals surface area contributed by atoms with E-state index in [1.807, 2.05) is 0 Å². The topological polar surface area (TPSA) is 55.2 Å². The summed E-state index contributed by atoms with van der Waals surface area (Å²) < 4.78 is 8.57.